The van der Waals surface area contributed by atoms with Crippen molar-refractivity contribution in [2.75, 3.05) is 31.1 Å². The van der Waals surface area contributed by atoms with Gasteiger partial charge in [0, 0.05) is 42.5 Å². The van der Waals surface area contributed by atoms with Crippen LogP contribution in [0.5, 0.6) is 0 Å². The van der Waals surface area contributed by atoms with Gasteiger partial charge in [-0.15, -0.1) is 0 Å². The molecule has 7 heteroatoms. The predicted molar refractivity (Wildman–Crippen MR) is 133 cm³/mol. The van der Waals surface area contributed by atoms with E-state index in [1.807, 2.05) is 84.9 Å². The second kappa shape index (κ2) is 9.13. The van der Waals surface area contributed by atoms with E-state index in [4.69, 9.17) is 9.97 Å². The summed E-state index contributed by atoms with van der Waals surface area (Å²) in [5, 5.41) is 2.27. The third-order valence-corrected chi connectivity index (χ3v) is 7.31. The van der Waals surface area contributed by atoms with Crippen LogP contribution in [0, 0.1) is 0 Å². The zero-order valence-corrected chi connectivity index (χ0v) is 18.9. The number of para-hydroxylation sites is 1. The lowest BCUT2D eigenvalue weighted by atomic mass is 10.1. The van der Waals surface area contributed by atoms with Crippen LogP contribution < -0.4 is 4.90 Å². The van der Waals surface area contributed by atoms with Crippen LogP contribution in [0.15, 0.2) is 90.3 Å². The summed E-state index contributed by atoms with van der Waals surface area (Å²) >= 11 is 0. The van der Waals surface area contributed by atoms with Crippen molar-refractivity contribution in [3.8, 4) is 11.4 Å². The maximum atomic E-state index is 12.8. The molecule has 1 aromatic heterocycles. The number of anilines is 1. The molecule has 3 aromatic carbocycles. The molecule has 1 aliphatic heterocycles. The molecule has 0 aliphatic carbocycles. The van der Waals surface area contributed by atoms with Crippen molar-refractivity contribution in [1.82, 2.24) is 14.3 Å². The number of benzene rings is 3. The van der Waals surface area contributed by atoms with E-state index < -0.39 is 10.0 Å². The first-order chi connectivity index (χ1) is 16.1. The normalized spacial score (nSPS) is 15.3. The van der Waals surface area contributed by atoms with Crippen molar-refractivity contribution in [3.63, 3.8) is 0 Å². The number of piperazine rings is 1. The van der Waals surface area contributed by atoms with Crippen molar-refractivity contribution in [1.29, 1.82) is 0 Å². The molecule has 0 atom stereocenters. The van der Waals surface area contributed by atoms with Crippen molar-refractivity contribution in [3.05, 3.63) is 95.9 Å². The number of nitrogens with zero attached hydrogens (tertiary/aromatic N) is 4. The third-order valence-electron chi connectivity index (χ3n) is 5.75. The molecule has 1 saturated heterocycles. The lowest BCUT2D eigenvalue weighted by Gasteiger charge is -2.34. The summed E-state index contributed by atoms with van der Waals surface area (Å²) in [5.41, 5.74) is 2.69. The highest BCUT2D eigenvalue weighted by Crippen LogP contribution is 2.28. The van der Waals surface area contributed by atoms with Crippen LogP contribution in [0.3, 0.4) is 0 Å². The fraction of sp³-hybridized carbons (Fsp3) is 0.154. The van der Waals surface area contributed by atoms with Gasteiger partial charge in [0.25, 0.3) is 0 Å². The van der Waals surface area contributed by atoms with Crippen LogP contribution in [0.1, 0.15) is 5.56 Å². The standard InChI is InChI=1S/C26H24N4O2S/c31-33(32,20-15-21-9-3-1-4-10-21)30-18-16-29(17-19-30)26-23-13-7-8-14-24(23)27-25(28-26)22-11-5-2-6-12-22/h1-15,20H,16-19H2. The van der Waals surface area contributed by atoms with Gasteiger partial charge >= 0.3 is 0 Å². The molecule has 166 valence electrons. The number of rotatable bonds is 5. The Hall–Kier alpha value is -3.55. The van der Waals surface area contributed by atoms with E-state index in [0.29, 0.717) is 32.0 Å². The quantitative estimate of drug-likeness (QED) is 0.445. The Morgan fingerprint density at radius 1 is 0.727 bits per heavy atom. The largest absolute Gasteiger partial charge is 0.353 e. The van der Waals surface area contributed by atoms with Gasteiger partial charge < -0.3 is 4.90 Å². The van der Waals surface area contributed by atoms with E-state index in [-0.39, 0.29) is 0 Å². The third kappa shape index (κ3) is 4.65. The van der Waals surface area contributed by atoms with Crippen molar-refractivity contribution < 1.29 is 8.42 Å². The van der Waals surface area contributed by atoms with Gasteiger partial charge in [-0.3, -0.25) is 0 Å². The van der Waals surface area contributed by atoms with E-state index in [1.165, 1.54) is 9.71 Å². The van der Waals surface area contributed by atoms with E-state index in [2.05, 4.69) is 4.90 Å². The fourth-order valence-electron chi connectivity index (χ4n) is 3.99. The van der Waals surface area contributed by atoms with Gasteiger partial charge in [0.05, 0.1) is 5.52 Å². The highest BCUT2D eigenvalue weighted by molar-refractivity contribution is 7.92. The summed E-state index contributed by atoms with van der Waals surface area (Å²) in [6, 6.07) is 27.3. The molecule has 6 nitrogen and oxygen atoms in total. The Kier molecular flexibility index (Phi) is 5.90. The molecule has 2 heterocycles. The Morgan fingerprint density at radius 2 is 1.36 bits per heavy atom. The number of hydrogen-bond acceptors (Lipinski definition) is 5. The summed E-state index contributed by atoms with van der Waals surface area (Å²) in [6.45, 7) is 1.93. The molecule has 0 N–H and O–H groups in total. The van der Waals surface area contributed by atoms with Gasteiger partial charge in [0.2, 0.25) is 10.0 Å². The Balaban J connectivity index is 1.39. The van der Waals surface area contributed by atoms with Gasteiger partial charge in [-0.05, 0) is 23.8 Å². The van der Waals surface area contributed by atoms with Crippen LogP contribution in [0.4, 0.5) is 5.82 Å². The molecular weight excluding hydrogens is 432 g/mol. The van der Waals surface area contributed by atoms with Crippen LogP contribution in [-0.4, -0.2) is 48.9 Å². The molecule has 0 spiro atoms. The molecule has 5 rings (SSSR count). The minimum atomic E-state index is -3.49. The molecule has 4 aromatic rings. The summed E-state index contributed by atoms with van der Waals surface area (Å²) in [4.78, 5) is 11.8. The topological polar surface area (TPSA) is 66.4 Å². The Morgan fingerprint density at radius 3 is 2.09 bits per heavy atom. The zero-order valence-electron chi connectivity index (χ0n) is 18.1. The van der Waals surface area contributed by atoms with Crippen LogP contribution in [-0.2, 0) is 10.0 Å². The molecule has 0 bridgehead atoms. The highest BCUT2D eigenvalue weighted by Gasteiger charge is 2.27. The highest BCUT2D eigenvalue weighted by atomic mass is 32.2. The molecule has 0 amide bonds. The number of sulfonamides is 1. The van der Waals surface area contributed by atoms with Crippen LogP contribution >= 0.6 is 0 Å². The lowest BCUT2D eigenvalue weighted by Crippen LogP contribution is -2.48. The SMILES string of the molecule is O=S(=O)(C=Cc1ccccc1)N1CCN(c2nc(-c3ccccc3)nc3ccccc23)CC1. The average molecular weight is 457 g/mol. The second-order valence-electron chi connectivity index (χ2n) is 7.90. The maximum absolute atomic E-state index is 12.8. The Bertz CT molecular complexity index is 1380. The van der Waals surface area contributed by atoms with E-state index in [0.717, 1.165) is 27.8 Å². The fourth-order valence-corrected chi connectivity index (χ4v) is 5.16. The number of aromatic nitrogens is 2. The monoisotopic (exact) mass is 456 g/mol. The molecular formula is C26H24N4O2S. The molecule has 0 saturated carbocycles. The van der Waals surface area contributed by atoms with Crippen LogP contribution in [0.25, 0.3) is 28.4 Å². The molecule has 1 fully saturated rings. The molecule has 33 heavy (non-hydrogen) atoms. The van der Waals surface area contributed by atoms with Gasteiger partial charge in [-0.1, -0.05) is 72.8 Å². The molecule has 0 radical (unpaired) electrons. The summed E-state index contributed by atoms with van der Waals surface area (Å²) in [7, 11) is -3.49. The maximum Gasteiger partial charge on any atom is 0.236 e. The van der Waals surface area contributed by atoms with Gasteiger partial charge in [-0.25, -0.2) is 18.4 Å². The van der Waals surface area contributed by atoms with E-state index in [1.54, 1.807) is 6.08 Å². The van der Waals surface area contributed by atoms with Crippen molar-refractivity contribution >= 4 is 32.8 Å². The predicted octanol–water partition coefficient (Wildman–Crippen LogP) is 4.42. The number of fused-ring (bicyclic) bond motifs is 1. The minimum absolute atomic E-state index is 0.403. The number of hydrogen-bond donors (Lipinski definition) is 0. The first-order valence-electron chi connectivity index (χ1n) is 10.9. The van der Waals surface area contributed by atoms with Crippen LogP contribution in [0.2, 0.25) is 0 Å². The zero-order chi connectivity index (χ0) is 22.7. The summed E-state index contributed by atoms with van der Waals surface area (Å²) < 4.78 is 27.2. The average Bonchev–Trinajstić information content (AvgIpc) is 2.88. The van der Waals surface area contributed by atoms with Gasteiger partial charge in [0.1, 0.15) is 5.82 Å². The second-order valence-corrected chi connectivity index (χ2v) is 9.72. The van der Waals surface area contributed by atoms with E-state index >= 15 is 0 Å². The summed E-state index contributed by atoms with van der Waals surface area (Å²) in [6.07, 6.45) is 1.64. The smallest absolute Gasteiger partial charge is 0.236 e. The lowest BCUT2D eigenvalue weighted by molar-refractivity contribution is 0.389. The Labute approximate surface area is 193 Å². The molecule has 1 aliphatic rings. The molecule has 0 unspecified atom stereocenters. The first-order valence-corrected chi connectivity index (χ1v) is 12.4. The first kappa shape index (κ1) is 21.3. The van der Waals surface area contributed by atoms with Crippen molar-refractivity contribution in [2.45, 2.75) is 0 Å². The van der Waals surface area contributed by atoms with Crippen molar-refractivity contribution in [2.24, 2.45) is 0 Å². The van der Waals surface area contributed by atoms with E-state index in [9.17, 15) is 8.42 Å². The van der Waals surface area contributed by atoms with Gasteiger partial charge in [-0.2, -0.15) is 4.31 Å². The minimum Gasteiger partial charge on any atom is -0.353 e. The van der Waals surface area contributed by atoms with Gasteiger partial charge in [0.15, 0.2) is 5.82 Å². The summed E-state index contributed by atoms with van der Waals surface area (Å²) in [5.74, 6) is 1.52.